The molecule has 4 aromatic carbocycles. The van der Waals surface area contributed by atoms with E-state index in [-0.39, 0.29) is 17.0 Å². The molecule has 43 heavy (non-hydrogen) atoms. The summed E-state index contributed by atoms with van der Waals surface area (Å²) in [5, 5.41) is 5.22. The van der Waals surface area contributed by atoms with Crippen molar-refractivity contribution in [1.29, 1.82) is 0 Å². The maximum Gasteiger partial charge on any atom is 0.347 e. The van der Waals surface area contributed by atoms with E-state index < -0.39 is 11.9 Å². The molecular formula is C32H25BrClN3O6. The number of fused-ring (bicyclic) bond motifs is 1. The van der Waals surface area contributed by atoms with E-state index in [9.17, 15) is 9.59 Å². The van der Waals surface area contributed by atoms with Crippen LogP contribution in [0.2, 0.25) is 5.02 Å². The first-order chi connectivity index (χ1) is 20.8. The number of H-pyrrole nitrogens is 1. The molecule has 5 aromatic rings. The lowest BCUT2D eigenvalue weighted by Crippen LogP contribution is -2.19. The number of halogens is 2. The Labute approximate surface area is 260 Å². The SMILES string of the molecule is COc1ccc(Cl)cc1C(=O)Oc1ccc(Br)cc1C=NNC(=O)c1[nH]c2c(OC)ccc(OC)c2c1-c1ccccc1. The van der Waals surface area contributed by atoms with Crippen molar-refractivity contribution in [2.24, 2.45) is 5.10 Å². The van der Waals surface area contributed by atoms with Gasteiger partial charge in [-0.2, -0.15) is 5.10 Å². The van der Waals surface area contributed by atoms with Crippen LogP contribution in [0.4, 0.5) is 0 Å². The molecule has 0 unspecified atom stereocenters. The Kier molecular flexibility index (Phi) is 8.98. The molecule has 0 aliphatic rings. The summed E-state index contributed by atoms with van der Waals surface area (Å²) in [4.78, 5) is 29.8. The van der Waals surface area contributed by atoms with Gasteiger partial charge in [0.2, 0.25) is 0 Å². The topological polar surface area (TPSA) is 111 Å². The third-order valence-corrected chi connectivity index (χ3v) is 7.26. The third kappa shape index (κ3) is 6.20. The predicted octanol–water partition coefficient (Wildman–Crippen LogP) is 7.26. The van der Waals surface area contributed by atoms with E-state index in [1.54, 1.807) is 56.7 Å². The molecule has 0 aliphatic carbocycles. The number of rotatable bonds is 9. The van der Waals surface area contributed by atoms with Crippen LogP contribution in [-0.4, -0.2) is 44.4 Å². The molecule has 1 heterocycles. The van der Waals surface area contributed by atoms with E-state index in [1.807, 2.05) is 30.3 Å². The van der Waals surface area contributed by atoms with Crippen molar-refractivity contribution < 1.29 is 28.5 Å². The first-order valence-corrected chi connectivity index (χ1v) is 14.0. The number of aromatic nitrogens is 1. The quantitative estimate of drug-likeness (QED) is 0.0744. The number of amides is 1. The number of nitrogens with zero attached hydrogens (tertiary/aromatic N) is 1. The molecular weight excluding hydrogens is 638 g/mol. The molecule has 0 bridgehead atoms. The lowest BCUT2D eigenvalue weighted by molar-refractivity contribution is 0.0730. The molecule has 0 atom stereocenters. The average molecular weight is 663 g/mol. The van der Waals surface area contributed by atoms with Crippen LogP contribution in [0.1, 0.15) is 26.4 Å². The normalized spacial score (nSPS) is 11.0. The highest BCUT2D eigenvalue weighted by atomic mass is 79.9. The van der Waals surface area contributed by atoms with E-state index in [2.05, 4.69) is 31.4 Å². The molecule has 2 N–H and O–H groups in total. The zero-order chi connectivity index (χ0) is 30.5. The molecule has 1 amide bonds. The Morgan fingerprint density at radius 1 is 0.860 bits per heavy atom. The second kappa shape index (κ2) is 13.0. The molecule has 5 rings (SSSR count). The van der Waals surface area contributed by atoms with Crippen molar-refractivity contribution in [3.8, 4) is 34.1 Å². The molecule has 0 fully saturated rings. The van der Waals surface area contributed by atoms with Gasteiger partial charge in [-0.25, -0.2) is 10.2 Å². The number of methoxy groups -OCH3 is 3. The van der Waals surface area contributed by atoms with Crippen molar-refractivity contribution in [2.45, 2.75) is 0 Å². The highest BCUT2D eigenvalue weighted by molar-refractivity contribution is 9.10. The number of carbonyl (C=O) groups is 2. The zero-order valence-electron chi connectivity index (χ0n) is 23.2. The second-order valence-corrected chi connectivity index (χ2v) is 10.4. The minimum absolute atomic E-state index is 0.159. The first kappa shape index (κ1) is 29.7. The van der Waals surface area contributed by atoms with E-state index >= 15 is 0 Å². The van der Waals surface area contributed by atoms with Crippen molar-refractivity contribution in [3.05, 3.63) is 105 Å². The van der Waals surface area contributed by atoms with Crippen molar-refractivity contribution in [1.82, 2.24) is 10.4 Å². The fourth-order valence-corrected chi connectivity index (χ4v) is 5.13. The van der Waals surface area contributed by atoms with Crippen LogP contribution in [0.3, 0.4) is 0 Å². The van der Waals surface area contributed by atoms with Gasteiger partial charge < -0.3 is 23.9 Å². The summed E-state index contributed by atoms with van der Waals surface area (Å²) in [6.45, 7) is 0. The first-order valence-electron chi connectivity index (χ1n) is 12.8. The molecule has 0 aliphatic heterocycles. The van der Waals surface area contributed by atoms with Gasteiger partial charge in [0.25, 0.3) is 5.91 Å². The molecule has 0 spiro atoms. The summed E-state index contributed by atoms with van der Waals surface area (Å²) >= 11 is 9.51. The van der Waals surface area contributed by atoms with E-state index in [0.717, 1.165) is 5.56 Å². The van der Waals surface area contributed by atoms with Gasteiger partial charge in [0.15, 0.2) is 0 Å². The molecule has 0 radical (unpaired) electrons. The summed E-state index contributed by atoms with van der Waals surface area (Å²) in [6.07, 6.45) is 1.38. The average Bonchev–Trinajstić information content (AvgIpc) is 3.43. The van der Waals surface area contributed by atoms with Crippen molar-refractivity contribution >= 4 is 56.5 Å². The lowest BCUT2D eigenvalue weighted by atomic mass is 10.0. The number of carbonyl (C=O) groups excluding carboxylic acids is 2. The predicted molar refractivity (Wildman–Crippen MR) is 169 cm³/mol. The summed E-state index contributed by atoms with van der Waals surface area (Å²) in [5.74, 6) is 0.465. The van der Waals surface area contributed by atoms with Crippen LogP contribution in [0.25, 0.3) is 22.0 Å². The van der Waals surface area contributed by atoms with Gasteiger partial charge in [-0.3, -0.25) is 4.79 Å². The van der Waals surface area contributed by atoms with Crippen LogP contribution in [0, 0.1) is 0 Å². The van der Waals surface area contributed by atoms with Crippen LogP contribution in [0.15, 0.2) is 88.4 Å². The molecule has 9 nitrogen and oxygen atoms in total. The summed E-state index contributed by atoms with van der Waals surface area (Å²) in [7, 11) is 4.57. The Bertz CT molecular complexity index is 1860. The number of nitrogens with one attached hydrogen (secondary N) is 2. The van der Waals surface area contributed by atoms with E-state index in [4.69, 9.17) is 30.5 Å². The van der Waals surface area contributed by atoms with Gasteiger partial charge in [0.05, 0.1) is 38.4 Å². The van der Waals surface area contributed by atoms with Crippen LogP contribution < -0.4 is 24.4 Å². The fourth-order valence-electron chi connectivity index (χ4n) is 4.58. The number of benzene rings is 4. The highest BCUT2D eigenvalue weighted by Crippen LogP contribution is 2.42. The number of hydrogen-bond donors (Lipinski definition) is 2. The Morgan fingerprint density at radius 2 is 1.53 bits per heavy atom. The van der Waals surface area contributed by atoms with Crippen molar-refractivity contribution in [3.63, 3.8) is 0 Å². The van der Waals surface area contributed by atoms with Gasteiger partial charge in [-0.15, -0.1) is 0 Å². The van der Waals surface area contributed by atoms with Gasteiger partial charge in [0, 0.05) is 20.6 Å². The Morgan fingerprint density at radius 3 is 2.26 bits per heavy atom. The molecule has 0 saturated carbocycles. The minimum Gasteiger partial charge on any atom is -0.496 e. The smallest absolute Gasteiger partial charge is 0.347 e. The number of esters is 1. The Hall–Kier alpha value is -4.80. The largest absolute Gasteiger partial charge is 0.496 e. The number of hydrazone groups is 1. The van der Waals surface area contributed by atoms with Crippen LogP contribution in [-0.2, 0) is 0 Å². The third-order valence-electron chi connectivity index (χ3n) is 6.53. The lowest BCUT2D eigenvalue weighted by Gasteiger charge is -2.11. The Balaban J connectivity index is 1.47. The maximum absolute atomic E-state index is 13.6. The summed E-state index contributed by atoms with van der Waals surface area (Å²) in [6, 6.07) is 22.7. The fraction of sp³-hybridized carbons (Fsp3) is 0.0938. The van der Waals surface area contributed by atoms with Crippen LogP contribution in [0.5, 0.6) is 23.0 Å². The molecule has 1 aromatic heterocycles. The van der Waals surface area contributed by atoms with Gasteiger partial charge in [-0.05, 0) is 54.1 Å². The molecule has 218 valence electrons. The van der Waals surface area contributed by atoms with Gasteiger partial charge >= 0.3 is 5.97 Å². The second-order valence-electron chi connectivity index (χ2n) is 9.08. The van der Waals surface area contributed by atoms with Crippen LogP contribution >= 0.6 is 27.5 Å². The van der Waals surface area contributed by atoms with Gasteiger partial charge in [0.1, 0.15) is 34.3 Å². The standard InChI is InChI=1S/C32H25BrClN3O6/c1-40-24-12-10-21(34)16-22(24)32(39)43-23-11-9-20(33)15-19(23)17-35-37-31(38)30-27(18-7-5-4-6-8-18)28-25(41-2)13-14-26(42-3)29(28)36-30/h4-17,36H,1-3H3,(H,37,38). The highest BCUT2D eigenvalue weighted by Gasteiger charge is 2.24. The molecule has 0 saturated heterocycles. The minimum atomic E-state index is -0.672. The van der Waals surface area contributed by atoms with Gasteiger partial charge in [-0.1, -0.05) is 57.9 Å². The van der Waals surface area contributed by atoms with E-state index in [0.29, 0.717) is 48.8 Å². The molecule has 11 heteroatoms. The van der Waals surface area contributed by atoms with E-state index in [1.165, 1.54) is 19.4 Å². The summed E-state index contributed by atoms with van der Waals surface area (Å²) in [5.41, 5.74) is 5.45. The number of hydrogen-bond acceptors (Lipinski definition) is 7. The zero-order valence-corrected chi connectivity index (χ0v) is 25.6. The number of ether oxygens (including phenoxy) is 4. The maximum atomic E-state index is 13.6. The monoisotopic (exact) mass is 661 g/mol. The number of aromatic amines is 1. The summed E-state index contributed by atoms with van der Waals surface area (Å²) < 4.78 is 22.8. The van der Waals surface area contributed by atoms with Crippen molar-refractivity contribution in [2.75, 3.05) is 21.3 Å².